The van der Waals surface area contributed by atoms with Crippen molar-refractivity contribution in [3.05, 3.63) is 52.0 Å². The zero-order valence-corrected chi connectivity index (χ0v) is 22.3. The molecule has 3 aromatic heterocycles. The number of hydrogen-bond donors (Lipinski definition) is 0. The van der Waals surface area contributed by atoms with Crippen molar-refractivity contribution >= 4 is 28.0 Å². The van der Waals surface area contributed by atoms with E-state index >= 15 is 0 Å². The van der Waals surface area contributed by atoms with Gasteiger partial charge in [0.05, 0.1) is 29.2 Å². The van der Waals surface area contributed by atoms with Gasteiger partial charge in [-0.3, -0.25) is 14.5 Å². The highest BCUT2D eigenvalue weighted by Crippen LogP contribution is 2.32. The predicted octanol–water partition coefficient (Wildman–Crippen LogP) is 3.13. The summed E-state index contributed by atoms with van der Waals surface area (Å²) < 4.78 is 3.48. The van der Waals surface area contributed by atoms with E-state index in [2.05, 4.69) is 63.7 Å². The average Bonchev–Trinajstić information content (AvgIpc) is 3.20. The number of fused-ring (bicyclic) bond motifs is 2. The van der Waals surface area contributed by atoms with Crippen molar-refractivity contribution in [2.45, 2.75) is 65.7 Å². The van der Waals surface area contributed by atoms with Gasteiger partial charge in [0.2, 0.25) is 0 Å². The largest absolute Gasteiger partial charge is 0.351 e. The van der Waals surface area contributed by atoms with Crippen LogP contribution in [-0.4, -0.2) is 59.1 Å². The number of benzene rings is 1. The minimum absolute atomic E-state index is 0.107. The maximum Gasteiger partial charge on any atom is 0.351 e. The van der Waals surface area contributed by atoms with Crippen LogP contribution in [0.25, 0.3) is 22.2 Å². The van der Waals surface area contributed by atoms with Gasteiger partial charge in [0.15, 0.2) is 5.82 Å². The Bertz CT molecular complexity index is 1580. The lowest BCUT2D eigenvalue weighted by molar-refractivity contribution is 0.119. The normalized spacial score (nSPS) is 19.4. The molecule has 0 saturated carbocycles. The van der Waals surface area contributed by atoms with Crippen LogP contribution in [0.3, 0.4) is 0 Å². The van der Waals surface area contributed by atoms with Crippen LogP contribution in [0.1, 0.15) is 50.8 Å². The molecule has 0 amide bonds. The van der Waals surface area contributed by atoms with Crippen molar-refractivity contribution in [3.63, 3.8) is 0 Å². The highest BCUT2D eigenvalue weighted by Gasteiger charge is 2.35. The summed E-state index contributed by atoms with van der Waals surface area (Å²) in [6.45, 7) is 12.5. The van der Waals surface area contributed by atoms with E-state index in [0.717, 1.165) is 23.3 Å². The molecule has 10 heteroatoms. The van der Waals surface area contributed by atoms with Gasteiger partial charge in [-0.2, -0.15) is 10.2 Å². The Morgan fingerprint density at radius 3 is 2.65 bits per heavy atom. The third-order valence-electron chi connectivity index (χ3n) is 7.58. The predicted molar refractivity (Wildman–Crippen MR) is 143 cm³/mol. The van der Waals surface area contributed by atoms with Gasteiger partial charge in [0, 0.05) is 51.0 Å². The fourth-order valence-electron chi connectivity index (χ4n) is 5.56. The van der Waals surface area contributed by atoms with E-state index in [1.165, 1.54) is 5.56 Å². The summed E-state index contributed by atoms with van der Waals surface area (Å²) in [7, 11) is 1.86. The molecule has 0 bridgehead atoms. The van der Waals surface area contributed by atoms with E-state index in [1.54, 1.807) is 10.8 Å². The smallest absolute Gasteiger partial charge is 0.349 e. The lowest BCUT2D eigenvalue weighted by Crippen LogP contribution is -2.57. The quantitative estimate of drug-likeness (QED) is 0.412. The van der Waals surface area contributed by atoms with E-state index in [0.29, 0.717) is 35.9 Å². The second kappa shape index (κ2) is 9.56. The molecule has 0 N–H and O–H groups in total. The van der Waals surface area contributed by atoms with E-state index in [4.69, 9.17) is 4.98 Å². The van der Waals surface area contributed by atoms with Crippen LogP contribution in [0.4, 0.5) is 5.82 Å². The molecule has 1 aromatic carbocycles. The fourth-order valence-corrected chi connectivity index (χ4v) is 5.56. The van der Waals surface area contributed by atoms with Crippen molar-refractivity contribution < 1.29 is 0 Å². The molecule has 37 heavy (non-hydrogen) atoms. The summed E-state index contributed by atoms with van der Waals surface area (Å²) in [5.74, 6) is 1.24. The molecule has 4 heterocycles. The van der Waals surface area contributed by atoms with Gasteiger partial charge in [-0.25, -0.2) is 14.8 Å². The van der Waals surface area contributed by atoms with Crippen molar-refractivity contribution in [1.29, 1.82) is 5.26 Å². The van der Waals surface area contributed by atoms with E-state index in [-0.39, 0.29) is 30.2 Å². The summed E-state index contributed by atoms with van der Waals surface area (Å²) >= 11 is 0. The summed E-state index contributed by atoms with van der Waals surface area (Å²) in [6.07, 6.45) is 1.97. The monoisotopic (exact) mass is 499 g/mol. The van der Waals surface area contributed by atoms with Crippen LogP contribution in [0.2, 0.25) is 0 Å². The first-order valence-electron chi connectivity index (χ1n) is 12.8. The Hall–Kier alpha value is -3.84. The Labute approximate surface area is 216 Å². The summed E-state index contributed by atoms with van der Waals surface area (Å²) in [5, 5.41) is 9.28. The summed E-state index contributed by atoms with van der Waals surface area (Å²) in [5.41, 5.74) is 5.02. The number of nitrogens with zero attached hydrogens (tertiary/aromatic N) is 9. The molecule has 10 nitrogen and oxygen atoms in total. The van der Waals surface area contributed by atoms with Gasteiger partial charge in [-0.15, -0.1) is 0 Å². The number of rotatable bonds is 5. The van der Waals surface area contributed by atoms with Gasteiger partial charge >= 0.3 is 5.69 Å². The number of nitriles is 1. The third kappa shape index (κ3) is 4.23. The summed E-state index contributed by atoms with van der Waals surface area (Å²) in [6, 6.07) is 9.00. The molecule has 1 unspecified atom stereocenters. The highest BCUT2D eigenvalue weighted by molar-refractivity contribution is 5.85. The zero-order valence-electron chi connectivity index (χ0n) is 22.3. The lowest BCUT2D eigenvalue weighted by atomic mass is 10.00. The van der Waals surface area contributed by atoms with Gasteiger partial charge in [0.1, 0.15) is 17.0 Å². The minimum Gasteiger partial charge on any atom is -0.349 e. The van der Waals surface area contributed by atoms with Gasteiger partial charge in [0.25, 0.3) is 0 Å². The SMILES string of the molecule is CCn1c(=O)nc(N2C[C@@H](C)N(C(C)c3ccc4ncc(C)nc4c3)C[C@@H]2C)c2nc(CC#N)n(C)c21. The van der Waals surface area contributed by atoms with Crippen LogP contribution >= 0.6 is 0 Å². The first kappa shape index (κ1) is 24.8. The number of imidazole rings is 1. The Balaban J connectivity index is 1.48. The molecule has 4 aromatic rings. The fraction of sp³-hybridized carbons (Fsp3) is 0.481. The molecule has 0 spiro atoms. The van der Waals surface area contributed by atoms with Crippen LogP contribution < -0.4 is 10.6 Å². The number of aromatic nitrogens is 6. The third-order valence-corrected chi connectivity index (χ3v) is 7.58. The average molecular weight is 500 g/mol. The second-order valence-corrected chi connectivity index (χ2v) is 10.0. The van der Waals surface area contributed by atoms with Gasteiger partial charge in [-0.05, 0) is 52.3 Å². The molecule has 3 atom stereocenters. The molecular weight excluding hydrogens is 466 g/mol. The van der Waals surface area contributed by atoms with Crippen LogP contribution in [0, 0.1) is 18.3 Å². The zero-order chi connectivity index (χ0) is 26.4. The van der Waals surface area contributed by atoms with Crippen LogP contribution in [0.15, 0.2) is 29.2 Å². The Morgan fingerprint density at radius 1 is 1.14 bits per heavy atom. The van der Waals surface area contributed by atoms with Gasteiger partial charge in [-0.1, -0.05) is 6.07 Å². The maximum atomic E-state index is 13.0. The van der Waals surface area contributed by atoms with Gasteiger partial charge < -0.3 is 9.47 Å². The Kier molecular flexibility index (Phi) is 6.42. The molecule has 0 aliphatic carbocycles. The first-order chi connectivity index (χ1) is 17.7. The summed E-state index contributed by atoms with van der Waals surface area (Å²) in [4.78, 5) is 36.2. The number of hydrogen-bond acceptors (Lipinski definition) is 8. The van der Waals surface area contributed by atoms with Crippen LogP contribution in [0.5, 0.6) is 0 Å². The first-order valence-corrected chi connectivity index (χ1v) is 12.8. The Morgan fingerprint density at radius 2 is 1.92 bits per heavy atom. The maximum absolute atomic E-state index is 13.0. The minimum atomic E-state index is -0.292. The van der Waals surface area contributed by atoms with E-state index in [9.17, 15) is 10.1 Å². The van der Waals surface area contributed by atoms with E-state index < -0.39 is 0 Å². The van der Waals surface area contributed by atoms with Crippen molar-refractivity contribution in [2.75, 3.05) is 18.0 Å². The number of anilines is 1. The molecule has 1 saturated heterocycles. The second-order valence-electron chi connectivity index (χ2n) is 10.0. The standard InChI is InChI=1S/C27H33N9O/c1-7-34-26-24(31-23(10-11-28)33(26)6)25(32-27(34)37)36-15-17(3)35(14-18(36)4)19(5)20-8-9-21-22(12-20)30-16(2)13-29-21/h8-9,12-13,17-19H,7,10,14-15H2,1-6H3/t17-,18+,19?/m1/s1. The molecule has 1 fully saturated rings. The van der Waals surface area contributed by atoms with Crippen molar-refractivity contribution in [1.82, 2.24) is 34.0 Å². The van der Waals surface area contributed by atoms with Crippen LogP contribution in [-0.2, 0) is 20.0 Å². The topological polar surface area (TPSA) is 109 Å². The van der Waals surface area contributed by atoms with Crippen molar-refractivity contribution in [3.8, 4) is 6.07 Å². The number of aryl methyl sites for hydroxylation is 3. The molecule has 1 aliphatic rings. The molecule has 1 aliphatic heterocycles. The van der Waals surface area contributed by atoms with E-state index in [1.807, 2.05) is 31.5 Å². The molecule has 0 radical (unpaired) electrons. The molecular formula is C27H33N9O. The highest BCUT2D eigenvalue weighted by atomic mass is 16.1. The molecule has 192 valence electrons. The van der Waals surface area contributed by atoms with Crippen molar-refractivity contribution in [2.24, 2.45) is 7.05 Å². The molecule has 5 rings (SSSR count). The lowest BCUT2D eigenvalue weighted by Gasteiger charge is -2.47. The number of piperazine rings is 1.